The Kier molecular flexibility index (Phi) is 6.16. The van der Waals surface area contributed by atoms with Crippen LogP contribution in [0.1, 0.15) is 66.8 Å². The second-order valence-electron chi connectivity index (χ2n) is 7.01. The summed E-state index contributed by atoms with van der Waals surface area (Å²) >= 11 is 1.95. The van der Waals surface area contributed by atoms with Crippen LogP contribution in [0.25, 0.3) is 5.57 Å². The molecule has 2 aromatic rings. The Labute approximate surface area is 161 Å². The summed E-state index contributed by atoms with van der Waals surface area (Å²) in [6, 6.07) is 10.2. The highest BCUT2D eigenvalue weighted by Gasteiger charge is 2.24. The van der Waals surface area contributed by atoms with E-state index in [2.05, 4.69) is 63.3 Å². The van der Waals surface area contributed by atoms with Gasteiger partial charge in [-0.3, -0.25) is 0 Å². The van der Waals surface area contributed by atoms with E-state index < -0.39 is 0 Å². The molecular formula is C24H28OS. The van der Waals surface area contributed by atoms with Gasteiger partial charge in [-0.25, -0.2) is 0 Å². The lowest BCUT2D eigenvalue weighted by Crippen LogP contribution is -2.08. The van der Waals surface area contributed by atoms with Gasteiger partial charge in [-0.05, 0) is 74.4 Å². The van der Waals surface area contributed by atoms with Gasteiger partial charge >= 0.3 is 0 Å². The van der Waals surface area contributed by atoms with E-state index in [0.29, 0.717) is 11.7 Å². The molecule has 0 bridgehead atoms. The Morgan fingerprint density at radius 2 is 2.00 bits per heavy atom. The van der Waals surface area contributed by atoms with Gasteiger partial charge in [0, 0.05) is 15.7 Å². The topological polar surface area (TPSA) is 20.2 Å². The zero-order valence-corrected chi connectivity index (χ0v) is 16.8. The molecule has 26 heavy (non-hydrogen) atoms. The van der Waals surface area contributed by atoms with Crippen molar-refractivity contribution in [1.82, 2.24) is 0 Å². The standard InChI is InChI=1S/C24H28OS/c1-4-7-19(11-10-17(3)5-2)24-16-22-21(8-6-9-23(22)26-24)18-12-14-20(25)15-13-18/h4,7,10-16,21,25H,5-6,8-9H2,1-3H3/b7-4-,17-10+,19-11+. The van der Waals surface area contributed by atoms with Gasteiger partial charge in [0.15, 0.2) is 0 Å². The molecule has 0 aliphatic heterocycles. The van der Waals surface area contributed by atoms with Gasteiger partial charge in [-0.2, -0.15) is 0 Å². The van der Waals surface area contributed by atoms with Crippen molar-refractivity contribution >= 4 is 16.9 Å². The van der Waals surface area contributed by atoms with Crippen molar-refractivity contribution in [3.05, 3.63) is 81.1 Å². The molecule has 3 rings (SSSR count). The minimum absolute atomic E-state index is 0.340. The molecular weight excluding hydrogens is 336 g/mol. The average molecular weight is 365 g/mol. The number of allylic oxidation sites excluding steroid dienone is 6. The van der Waals surface area contributed by atoms with E-state index in [9.17, 15) is 5.11 Å². The number of phenolic OH excluding ortho intramolecular Hbond substituents is 1. The number of hydrogen-bond donors (Lipinski definition) is 1. The van der Waals surface area contributed by atoms with Crippen LogP contribution in [-0.2, 0) is 6.42 Å². The van der Waals surface area contributed by atoms with Crippen molar-refractivity contribution < 1.29 is 5.11 Å². The number of thiophene rings is 1. The normalized spacial score (nSPS) is 18.3. The fourth-order valence-electron chi connectivity index (χ4n) is 3.50. The summed E-state index contributed by atoms with van der Waals surface area (Å²) in [5.74, 6) is 0.788. The van der Waals surface area contributed by atoms with Crippen molar-refractivity contribution in [1.29, 1.82) is 0 Å². The lowest BCUT2D eigenvalue weighted by atomic mass is 9.82. The predicted octanol–water partition coefficient (Wildman–Crippen LogP) is 7.24. The third-order valence-electron chi connectivity index (χ3n) is 5.15. The van der Waals surface area contributed by atoms with E-state index in [-0.39, 0.29) is 0 Å². The van der Waals surface area contributed by atoms with E-state index in [0.717, 1.165) is 6.42 Å². The molecule has 0 fully saturated rings. The van der Waals surface area contributed by atoms with Crippen molar-refractivity contribution in [2.45, 2.75) is 52.4 Å². The van der Waals surface area contributed by atoms with Gasteiger partial charge in [-0.1, -0.05) is 48.9 Å². The minimum Gasteiger partial charge on any atom is -0.508 e. The second-order valence-corrected chi connectivity index (χ2v) is 8.15. The van der Waals surface area contributed by atoms with Crippen LogP contribution in [0.5, 0.6) is 5.75 Å². The number of rotatable bonds is 5. The van der Waals surface area contributed by atoms with Crippen molar-refractivity contribution in [3.63, 3.8) is 0 Å². The fraction of sp³-hybridized carbons (Fsp3) is 0.333. The van der Waals surface area contributed by atoms with E-state index in [1.54, 1.807) is 12.1 Å². The molecule has 1 aliphatic rings. The molecule has 1 nitrogen and oxygen atoms in total. The number of hydrogen-bond acceptors (Lipinski definition) is 2. The summed E-state index contributed by atoms with van der Waals surface area (Å²) in [6.45, 7) is 6.46. The number of aromatic hydroxyl groups is 1. The van der Waals surface area contributed by atoms with E-state index in [1.807, 2.05) is 11.3 Å². The molecule has 1 aromatic carbocycles. The van der Waals surface area contributed by atoms with Gasteiger partial charge in [0.2, 0.25) is 0 Å². The quantitative estimate of drug-likeness (QED) is 0.554. The summed E-state index contributed by atoms with van der Waals surface area (Å²) in [6.07, 6.45) is 13.5. The number of fused-ring (bicyclic) bond motifs is 1. The maximum Gasteiger partial charge on any atom is 0.115 e. The maximum absolute atomic E-state index is 9.59. The molecule has 0 spiro atoms. The molecule has 0 radical (unpaired) electrons. The summed E-state index contributed by atoms with van der Waals surface area (Å²) in [4.78, 5) is 2.88. The Hall–Kier alpha value is -2.06. The first kappa shape index (κ1) is 18.7. The van der Waals surface area contributed by atoms with E-state index in [1.165, 1.54) is 51.3 Å². The van der Waals surface area contributed by atoms with Crippen LogP contribution in [0.15, 0.2) is 60.2 Å². The van der Waals surface area contributed by atoms with Crippen LogP contribution in [0, 0.1) is 0 Å². The average Bonchev–Trinajstić information content (AvgIpc) is 3.09. The third kappa shape index (κ3) is 4.19. The molecule has 1 atom stereocenters. The maximum atomic E-state index is 9.59. The summed E-state index contributed by atoms with van der Waals surface area (Å²) in [7, 11) is 0. The second kappa shape index (κ2) is 8.55. The number of phenols is 1. The van der Waals surface area contributed by atoms with E-state index in [4.69, 9.17) is 0 Å². The van der Waals surface area contributed by atoms with Crippen LogP contribution < -0.4 is 0 Å². The summed E-state index contributed by atoms with van der Waals surface area (Å²) in [5, 5.41) is 9.59. The van der Waals surface area contributed by atoms with Crippen molar-refractivity contribution in [2.75, 3.05) is 0 Å². The van der Waals surface area contributed by atoms with Crippen LogP contribution >= 0.6 is 11.3 Å². The Bertz CT molecular complexity index is 834. The lowest BCUT2D eigenvalue weighted by molar-refractivity contribution is 0.474. The van der Waals surface area contributed by atoms with Gasteiger partial charge in [0.1, 0.15) is 5.75 Å². The van der Waals surface area contributed by atoms with Gasteiger partial charge in [0.25, 0.3) is 0 Å². The molecule has 1 unspecified atom stereocenters. The summed E-state index contributed by atoms with van der Waals surface area (Å²) < 4.78 is 0. The molecule has 1 heterocycles. The van der Waals surface area contributed by atoms with Gasteiger partial charge in [-0.15, -0.1) is 11.3 Å². The van der Waals surface area contributed by atoms with Crippen LogP contribution in [0.3, 0.4) is 0 Å². The number of aryl methyl sites for hydroxylation is 1. The zero-order chi connectivity index (χ0) is 18.5. The first-order valence-corrected chi connectivity index (χ1v) is 10.4. The monoisotopic (exact) mass is 364 g/mol. The van der Waals surface area contributed by atoms with Crippen molar-refractivity contribution in [2.24, 2.45) is 0 Å². The molecule has 136 valence electrons. The van der Waals surface area contributed by atoms with Crippen LogP contribution in [0.4, 0.5) is 0 Å². The minimum atomic E-state index is 0.340. The van der Waals surface area contributed by atoms with Gasteiger partial charge < -0.3 is 5.11 Å². The van der Waals surface area contributed by atoms with Crippen molar-refractivity contribution in [3.8, 4) is 5.75 Å². The first-order chi connectivity index (χ1) is 12.6. The molecule has 1 N–H and O–H groups in total. The molecule has 0 saturated heterocycles. The Balaban J connectivity index is 1.98. The molecule has 1 aromatic heterocycles. The highest BCUT2D eigenvalue weighted by atomic mass is 32.1. The smallest absolute Gasteiger partial charge is 0.115 e. The summed E-state index contributed by atoms with van der Waals surface area (Å²) in [5.41, 5.74) is 5.49. The SMILES string of the molecule is C\C=C/C(=C\C=C(/C)CC)c1cc2c(s1)CCCC2c1ccc(O)cc1. The highest BCUT2D eigenvalue weighted by molar-refractivity contribution is 7.13. The molecule has 0 amide bonds. The highest BCUT2D eigenvalue weighted by Crippen LogP contribution is 2.42. The van der Waals surface area contributed by atoms with Gasteiger partial charge in [0.05, 0.1) is 0 Å². The largest absolute Gasteiger partial charge is 0.508 e. The molecule has 1 aliphatic carbocycles. The first-order valence-electron chi connectivity index (χ1n) is 9.54. The molecule has 0 saturated carbocycles. The van der Waals surface area contributed by atoms with Crippen LogP contribution in [0.2, 0.25) is 0 Å². The Morgan fingerprint density at radius 1 is 1.23 bits per heavy atom. The third-order valence-corrected chi connectivity index (χ3v) is 6.40. The predicted molar refractivity (Wildman–Crippen MR) is 114 cm³/mol. The van der Waals surface area contributed by atoms with E-state index >= 15 is 0 Å². The Morgan fingerprint density at radius 3 is 2.69 bits per heavy atom. The number of benzene rings is 1. The molecule has 2 heteroatoms. The lowest BCUT2D eigenvalue weighted by Gasteiger charge is -2.22. The van der Waals surface area contributed by atoms with Crippen LogP contribution in [-0.4, -0.2) is 5.11 Å². The zero-order valence-electron chi connectivity index (χ0n) is 16.0. The fourth-order valence-corrected chi connectivity index (χ4v) is 4.77.